The van der Waals surface area contributed by atoms with E-state index in [9.17, 15) is 16.8 Å². The highest BCUT2D eigenvalue weighted by molar-refractivity contribution is 7.93. The maximum absolute atomic E-state index is 13.1. The van der Waals surface area contributed by atoms with Crippen LogP contribution in [0.5, 0.6) is 0 Å². The number of nitrogens with zero attached hydrogens (tertiary/aromatic N) is 2. The lowest BCUT2D eigenvalue weighted by atomic mass is 10.0. The SMILES string of the molecule is CC1CN(S(=O)(=O)c2ccc(S(=O)(=O)N3CCCC3)cc2)c2ccccc21. The fourth-order valence-corrected chi connectivity index (χ4v) is 6.89. The fourth-order valence-electron chi connectivity index (χ4n) is 3.79. The van der Waals surface area contributed by atoms with Crippen LogP contribution >= 0.6 is 0 Å². The minimum absolute atomic E-state index is 0.103. The highest BCUT2D eigenvalue weighted by Gasteiger charge is 2.35. The van der Waals surface area contributed by atoms with Crippen molar-refractivity contribution in [2.45, 2.75) is 35.5 Å². The predicted molar refractivity (Wildman–Crippen MR) is 104 cm³/mol. The molecule has 2 heterocycles. The third-order valence-electron chi connectivity index (χ3n) is 5.29. The first-order valence-electron chi connectivity index (χ1n) is 9.04. The van der Waals surface area contributed by atoms with Gasteiger partial charge in [-0.2, -0.15) is 4.31 Å². The van der Waals surface area contributed by atoms with Crippen LogP contribution in [0.15, 0.2) is 58.3 Å². The summed E-state index contributed by atoms with van der Waals surface area (Å²) in [6.07, 6.45) is 1.72. The van der Waals surface area contributed by atoms with E-state index in [2.05, 4.69) is 0 Å². The number of hydrogen-bond acceptors (Lipinski definition) is 4. The summed E-state index contributed by atoms with van der Waals surface area (Å²) in [5.41, 5.74) is 1.70. The molecule has 2 aromatic rings. The van der Waals surface area contributed by atoms with Crippen LogP contribution in [-0.4, -0.2) is 40.8 Å². The lowest BCUT2D eigenvalue weighted by Gasteiger charge is -2.20. The van der Waals surface area contributed by atoms with Crippen LogP contribution < -0.4 is 4.31 Å². The molecule has 1 atom stereocenters. The van der Waals surface area contributed by atoms with Gasteiger partial charge in [-0.15, -0.1) is 0 Å². The zero-order valence-electron chi connectivity index (χ0n) is 15.1. The summed E-state index contributed by atoms with van der Waals surface area (Å²) < 4.78 is 54.4. The number of sulfonamides is 2. The van der Waals surface area contributed by atoms with Crippen LogP contribution in [-0.2, 0) is 20.0 Å². The Kier molecular flexibility index (Phi) is 4.52. The number of para-hydroxylation sites is 1. The van der Waals surface area contributed by atoms with Crippen molar-refractivity contribution < 1.29 is 16.8 Å². The molecular weight excluding hydrogens is 384 g/mol. The largest absolute Gasteiger partial charge is 0.265 e. The molecule has 6 nitrogen and oxygen atoms in total. The fraction of sp³-hybridized carbons (Fsp3) is 0.368. The molecule has 1 saturated heterocycles. The zero-order chi connectivity index (χ0) is 19.2. The molecule has 0 amide bonds. The Morgan fingerprint density at radius 1 is 0.815 bits per heavy atom. The summed E-state index contributed by atoms with van der Waals surface area (Å²) in [6.45, 7) is 3.42. The summed E-state index contributed by atoms with van der Waals surface area (Å²) in [5, 5.41) is 0. The minimum Gasteiger partial charge on any atom is -0.265 e. The van der Waals surface area contributed by atoms with E-state index in [1.165, 1.54) is 32.9 Å². The third-order valence-corrected chi connectivity index (χ3v) is 9.00. The second-order valence-corrected chi connectivity index (χ2v) is 10.9. The number of anilines is 1. The van der Waals surface area contributed by atoms with E-state index >= 15 is 0 Å². The summed E-state index contributed by atoms with van der Waals surface area (Å²) in [5.74, 6) is 0.116. The molecular formula is C19H22N2O4S2. The van der Waals surface area contributed by atoms with E-state index in [4.69, 9.17) is 0 Å². The smallest absolute Gasteiger partial charge is 0.264 e. The van der Waals surface area contributed by atoms with Crippen LogP contribution in [0.25, 0.3) is 0 Å². The van der Waals surface area contributed by atoms with E-state index in [0.717, 1.165) is 18.4 Å². The molecule has 0 aliphatic carbocycles. The van der Waals surface area contributed by atoms with E-state index in [0.29, 0.717) is 25.3 Å². The summed E-state index contributed by atoms with van der Waals surface area (Å²) in [4.78, 5) is 0.241. The maximum atomic E-state index is 13.1. The Bertz CT molecular complexity index is 1060. The Balaban J connectivity index is 1.66. The van der Waals surface area contributed by atoms with Gasteiger partial charge in [-0.3, -0.25) is 4.31 Å². The normalized spacial score (nSPS) is 20.8. The Hall–Kier alpha value is -1.90. The Labute approximate surface area is 160 Å². The summed E-state index contributed by atoms with van der Waals surface area (Å²) >= 11 is 0. The molecule has 0 aromatic heterocycles. The first-order valence-corrected chi connectivity index (χ1v) is 11.9. The van der Waals surface area contributed by atoms with E-state index < -0.39 is 20.0 Å². The van der Waals surface area contributed by atoms with Gasteiger partial charge in [-0.1, -0.05) is 25.1 Å². The average molecular weight is 407 g/mol. The first-order chi connectivity index (χ1) is 12.8. The van der Waals surface area contributed by atoms with Crippen molar-refractivity contribution in [2.24, 2.45) is 0 Å². The molecule has 2 aliphatic rings. The molecule has 0 N–H and O–H groups in total. The van der Waals surface area contributed by atoms with Crippen molar-refractivity contribution in [3.63, 3.8) is 0 Å². The molecule has 0 spiro atoms. The van der Waals surface area contributed by atoms with Crippen molar-refractivity contribution in [1.29, 1.82) is 0 Å². The van der Waals surface area contributed by atoms with Crippen LogP contribution in [0, 0.1) is 0 Å². The van der Waals surface area contributed by atoms with Gasteiger partial charge in [0.2, 0.25) is 10.0 Å². The van der Waals surface area contributed by atoms with E-state index in [-0.39, 0.29) is 15.7 Å². The van der Waals surface area contributed by atoms with Crippen molar-refractivity contribution in [3.8, 4) is 0 Å². The summed E-state index contributed by atoms with van der Waals surface area (Å²) in [6, 6.07) is 13.1. The predicted octanol–water partition coefficient (Wildman–Crippen LogP) is 2.78. The molecule has 1 fully saturated rings. The van der Waals surface area contributed by atoms with Gasteiger partial charge in [-0.05, 0) is 48.7 Å². The van der Waals surface area contributed by atoms with Crippen molar-refractivity contribution >= 4 is 25.7 Å². The zero-order valence-corrected chi connectivity index (χ0v) is 16.7. The van der Waals surface area contributed by atoms with E-state index in [1.54, 1.807) is 0 Å². The molecule has 0 bridgehead atoms. The third kappa shape index (κ3) is 3.05. The molecule has 1 unspecified atom stereocenters. The second-order valence-electron chi connectivity index (χ2n) is 7.08. The molecule has 2 aromatic carbocycles. The Morgan fingerprint density at radius 3 is 2.00 bits per heavy atom. The van der Waals surface area contributed by atoms with Crippen LogP contribution in [0.3, 0.4) is 0 Å². The van der Waals surface area contributed by atoms with Gasteiger partial charge in [0.15, 0.2) is 0 Å². The molecule has 8 heteroatoms. The summed E-state index contributed by atoms with van der Waals surface area (Å²) in [7, 11) is -7.29. The second kappa shape index (κ2) is 6.61. The van der Waals surface area contributed by atoms with Crippen LogP contribution in [0.4, 0.5) is 5.69 Å². The molecule has 0 saturated carbocycles. The highest BCUT2D eigenvalue weighted by atomic mass is 32.2. The number of fused-ring (bicyclic) bond motifs is 1. The van der Waals surface area contributed by atoms with Gasteiger partial charge < -0.3 is 0 Å². The topological polar surface area (TPSA) is 74.8 Å². The average Bonchev–Trinajstić information content (AvgIpc) is 3.31. The van der Waals surface area contributed by atoms with Crippen molar-refractivity contribution in [3.05, 3.63) is 54.1 Å². The number of hydrogen-bond donors (Lipinski definition) is 0. The lowest BCUT2D eigenvalue weighted by Crippen LogP contribution is -2.30. The maximum Gasteiger partial charge on any atom is 0.264 e. The minimum atomic E-state index is -3.74. The van der Waals surface area contributed by atoms with Gasteiger partial charge in [0.1, 0.15) is 0 Å². The van der Waals surface area contributed by atoms with Gasteiger partial charge in [0.25, 0.3) is 10.0 Å². The van der Waals surface area contributed by atoms with Crippen LogP contribution in [0.1, 0.15) is 31.2 Å². The first kappa shape index (κ1) is 18.5. The van der Waals surface area contributed by atoms with Gasteiger partial charge in [-0.25, -0.2) is 16.8 Å². The lowest BCUT2D eigenvalue weighted by molar-refractivity contribution is 0.477. The standard InChI is InChI=1S/C19H22N2O4S2/c1-15-14-21(19-7-3-2-6-18(15)19)27(24,25)17-10-8-16(9-11-17)26(22,23)20-12-4-5-13-20/h2-3,6-11,15H,4-5,12-14H2,1H3. The number of benzene rings is 2. The van der Waals surface area contributed by atoms with Crippen LogP contribution in [0.2, 0.25) is 0 Å². The van der Waals surface area contributed by atoms with Gasteiger partial charge in [0.05, 0.1) is 15.5 Å². The quantitative estimate of drug-likeness (QED) is 0.783. The highest BCUT2D eigenvalue weighted by Crippen LogP contribution is 2.39. The van der Waals surface area contributed by atoms with Crippen molar-refractivity contribution in [2.75, 3.05) is 23.9 Å². The molecule has 27 heavy (non-hydrogen) atoms. The Morgan fingerprint density at radius 2 is 1.37 bits per heavy atom. The van der Waals surface area contributed by atoms with Gasteiger partial charge >= 0.3 is 0 Å². The molecule has 4 rings (SSSR count). The van der Waals surface area contributed by atoms with Crippen molar-refractivity contribution in [1.82, 2.24) is 4.31 Å². The van der Waals surface area contributed by atoms with Gasteiger partial charge in [0, 0.05) is 25.6 Å². The number of rotatable bonds is 4. The monoisotopic (exact) mass is 406 g/mol. The molecule has 2 aliphatic heterocycles. The van der Waals surface area contributed by atoms with E-state index in [1.807, 2.05) is 31.2 Å². The molecule has 144 valence electrons. The molecule has 0 radical (unpaired) electrons.